The lowest BCUT2D eigenvalue weighted by atomic mass is 10.0. The van der Waals surface area contributed by atoms with Gasteiger partial charge in [0.2, 0.25) is 0 Å². The number of hydrogen-bond donors (Lipinski definition) is 1. The Morgan fingerprint density at radius 1 is 1.13 bits per heavy atom. The number of nitrogen functional groups attached to an aromatic ring is 1. The van der Waals surface area contributed by atoms with Crippen LogP contribution in [0.2, 0.25) is 0 Å². The fourth-order valence-electron chi connectivity index (χ4n) is 3.03. The molecule has 1 aliphatic heterocycles. The smallest absolute Gasteiger partial charge is 0.127 e. The maximum Gasteiger partial charge on any atom is 0.127 e. The molecule has 1 aliphatic carbocycles. The molecule has 0 saturated heterocycles. The minimum absolute atomic E-state index is 0.656. The van der Waals surface area contributed by atoms with E-state index in [1.807, 2.05) is 0 Å². The van der Waals surface area contributed by atoms with Gasteiger partial charge in [0.1, 0.15) is 11.6 Å². The molecule has 0 spiro atoms. The molecule has 0 amide bonds. The van der Waals surface area contributed by atoms with Crippen LogP contribution in [0.4, 0.5) is 5.82 Å². The van der Waals surface area contributed by atoms with Crippen molar-refractivity contribution in [2.45, 2.75) is 57.4 Å². The summed E-state index contributed by atoms with van der Waals surface area (Å²) in [6.07, 6.45) is 8.95. The summed E-state index contributed by atoms with van der Waals surface area (Å²) in [4.78, 5) is 4.77. The van der Waals surface area contributed by atoms with E-state index >= 15 is 0 Å². The first-order valence-corrected chi connectivity index (χ1v) is 6.21. The van der Waals surface area contributed by atoms with Crippen LogP contribution in [0.25, 0.3) is 0 Å². The van der Waals surface area contributed by atoms with Crippen molar-refractivity contribution in [1.82, 2.24) is 9.55 Å². The molecule has 3 rings (SSSR count). The number of hydrogen-bond acceptors (Lipinski definition) is 2. The Morgan fingerprint density at radius 2 is 1.93 bits per heavy atom. The Kier molecular flexibility index (Phi) is 2.19. The minimum atomic E-state index is 0.656. The molecule has 0 aromatic carbocycles. The van der Waals surface area contributed by atoms with Gasteiger partial charge in [-0.15, -0.1) is 0 Å². The normalized spacial score (nSPS) is 21.9. The number of nitrogens with two attached hydrogens (primary N) is 1. The number of fused-ring (bicyclic) bond motifs is 1. The van der Waals surface area contributed by atoms with Gasteiger partial charge in [0.15, 0.2) is 0 Å². The average Bonchev–Trinajstić information content (AvgIpc) is 2.87. The van der Waals surface area contributed by atoms with Crippen molar-refractivity contribution in [3.63, 3.8) is 0 Å². The minimum Gasteiger partial charge on any atom is -0.384 e. The number of nitrogens with zero attached hydrogens (tertiary/aromatic N) is 2. The van der Waals surface area contributed by atoms with Gasteiger partial charge in [-0.25, -0.2) is 4.98 Å². The van der Waals surface area contributed by atoms with E-state index in [1.165, 1.54) is 50.0 Å². The van der Waals surface area contributed by atoms with Gasteiger partial charge in [0, 0.05) is 18.9 Å². The molecule has 1 aromatic heterocycles. The summed E-state index contributed by atoms with van der Waals surface area (Å²) in [5.41, 5.74) is 7.42. The molecule has 0 unspecified atom stereocenters. The Hall–Kier alpha value is -0.990. The van der Waals surface area contributed by atoms with Crippen molar-refractivity contribution in [2.75, 3.05) is 5.73 Å². The fraction of sp³-hybridized carbons (Fsp3) is 0.750. The summed E-state index contributed by atoms with van der Waals surface area (Å²) in [6, 6.07) is 0. The number of rotatable bonds is 1. The van der Waals surface area contributed by atoms with Gasteiger partial charge < -0.3 is 10.3 Å². The van der Waals surface area contributed by atoms with Crippen LogP contribution in [0.5, 0.6) is 0 Å². The highest BCUT2D eigenvalue weighted by molar-refractivity contribution is 5.41. The lowest BCUT2D eigenvalue weighted by Crippen LogP contribution is -2.12. The zero-order chi connectivity index (χ0) is 10.3. The lowest BCUT2D eigenvalue weighted by Gasteiger charge is -2.14. The quantitative estimate of drug-likeness (QED) is 0.765. The van der Waals surface area contributed by atoms with Crippen molar-refractivity contribution < 1.29 is 0 Å². The molecule has 0 bridgehead atoms. The van der Waals surface area contributed by atoms with Crippen LogP contribution in [0, 0.1) is 0 Å². The molecule has 0 radical (unpaired) electrons. The number of aryl methyl sites for hydroxylation is 1. The van der Waals surface area contributed by atoms with Crippen LogP contribution < -0.4 is 5.73 Å². The van der Waals surface area contributed by atoms with E-state index in [0.717, 1.165) is 18.8 Å². The zero-order valence-corrected chi connectivity index (χ0v) is 9.21. The van der Waals surface area contributed by atoms with E-state index < -0.39 is 0 Å². The first kappa shape index (κ1) is 9.25. The van der Waals surface area contributed by atoms with Gasteiger partial charge in [0.25, 0.3) is 0 Å². The first-order valence-electron chi connectivity index (χ1n) is 6.21. The second-order valence-corrected chi connectivity index (χ2v) is 4.89. The lowest BCUT2D eigenvalue weighted by molar-refractivity contribution is 0.527. The Morgan fingerprint density at radius 3 is 2.67 bits per heavy atom. The highest BCUT2D eigenvalue weighted by Crippen LogP contribution is 2.37. The largest absolute Gasteiger partial charge is 0.384 e. The molecule has 2 N–H and O–H groups in total. The van der Waals surface area contributed by atoms with E-state index in [9.17, 15) is 0 Å². The molecule has 2 heterocycles. The van der Waals surface area contributed by atoms with E-state index in [1.54, 1.807) is 0 Å². The molecule has 1 aromatic rings. The summed E-state index contributed by atoms with van der Waals surface area (Å²) < 4.78 is 2.25. The van der Waals surface area contributed by atoms with Gasteiger partial charge in [-0.1, -0.05) is 12.8 Å². The topological polar surface area (TPSA) is 43.8 Å². The summed E-state index contributed by atoms with van der Waals surface area (Å²) >= 11 is 0. The third-order valence-electron chi connectivity index (χ3n) is 3.89. The summed E-state index contributed by atoms with van der Waals surface area (Å²) in [5.74, 6) is 2.86. The molecule has 3 nitrogen and oxygen atoms in total. The monoisotopic (exact) mass is 205 g/mol. The Balaban J connectivity index is 1.97. The van der Waals surface area contributed by atoms with Crippen molar-refractivity contribution in [1.29, 1.82) is 0 Å². The maximum absolute atomic E-state index is 6.20. The third kappa shape index (κ3) is 1.45. The summed E-state index contributed by atoms with van der Waals surface area (Å²) in [5, 5.41) is 0. The van der Waals surface area contributed by atoms with E-state index in [4.69, 9.17) is 10.7 Å². The molecule has 1 saturated carbocycles. The number of imidazole rings is 1. The van der Waals surface area contributed by atoms with Crippen LogP contribution in [0.1, 0.15) is 56.0 Å². The van der Waals surface area contributed by atoms with Gasteiger partial charge >= 0.3 is 0 Å². The molecule has 1 fully saturated rings. The van der Waals surface area contributed by atoms with Crippen LogP contribution in [-0.2, 0) is 13.0 Å². The molecule has 82 valence electrons. The predicted octanol–water partition coefficient (Wildman–Crippen LogP) is 2.46. The van der Waals surface area contributed by atoms with Gasteiger partial charge in [0.05, 0.1) is 5.69 Å². The molecule has 15 heavy (non-hydrogen) atoms. The van der Waals surface area contributed by atoms with Crippen LogP contribution in [0.3, 0.4) is 0 Å². The van der Waals surface area contributed by atoms with Gasteiger partial charge in [-0.2, -0.15) is 0 Å². The van der Waals surface area contributed by atoms with Crippen LogP contribution >= 0.6 is 0 Å². The Labute approximate surface area is 90.7 Å². The molecule has 3 heteroatoms. The van der Waals surface area contributed by atoms with Crippen molar-refractivity contribution in [3.05, 3.63) is 11.5 Å². The standard InChI is InChI=1S/C12H19N3/c13-12-11(9-5-1-2-6-9)14-10-7-3-4-8-15(10)12/h9H,1-8,13H2. The van der Waals surface area contributed by atoms with Crippen molar-refractivity contribution in [2.24, 2.45) is 0 Å². The van der Waals surface area contributed by atoms with Crippen LogP contribution in [0.15, 0.2) is 0 Å². The highest BCUT2D eigenvalue weighted by atomic mass is 15.1. The maximum atomic E-state index is 6.20. The predicted molar refractivity (Wildman–Crippen MR) is 60.8 cm³/mol. The third-order valence-corrected chi connectivity index (χ3v) is 3.89. The number of anilines is 1. The summed E-state index contributed by atoms with van der Waals surface area (Å²) in [6.45, 7) is 1.08. The van der Waals surface area contributed by atoms with Crippen molar-refractivity contribution in [3.8, 4) is 0 Å². The highest BCUT2D eigenvalue weighted by Gasteiger charge is 2.25. The first-order chi connectivity index (χ1) is 7.36. The second kappa shape index (κ2) is 3.54. The van der Waals surface area contributed by atoms with Gasteiger partial charge in [-0.3, -0.25) is 0 Å². The van der Waals surface area contributed by atoms with E-state index in [0.29, 0.717) is 5.92 Å². The second-order valence-electron chi connectivity index (χ2n) is 4.89. The fourth-order valence-corrected chi connectivity index (χ4v) is 3.03. The van der Waals surface area contributed by atoms with E-state index in [2.05, 4.69) is 4.57 Å². The average molecular weight is 205 g/mol. The SMILES string of the molecule is Nc1c(C2CCCC2)nc2n1CCCC2. The molecule has 2 aliphatic rings. The molecular weight excluding hydrogens is 186 g/mol. The molecule has 0 atom stereocenters. The van der Waals surface area contributed by atoms with Crippen LogP contribution in [-0.4, -0.2) is 9.55 Å². The molecular formula is C12H19N3. The van der Waals surface area contributed by atoms with Gasteiger partial charge in [-0.05, 0) is 25.7 Å². The summed E-state index contributed by atoms with van der Waals surface area (Å²) in [7, 11) is 0. The zero-order valence-electron chi connectivity index (χ0n) is 9.21. The number of aromatic nitrogens is 2. The Bertz CT molecular complexity index is 361. The van der Waals surface area contributed by atoms with E-state index in [-0.39, 0.29) is 0 Å². The van der Waals surface area contributed by atoms with Crippen molar-refractivity contribution >= 4 is 5.82 Å².